The van der Waals surface area contributed by atoms with Crippen LogP contribution in [0.25, 0.3) is 22.4 Å². The van der Waals surface area contributed by atoms with Gasteiger partial charge >= 0.3 is 0 Å². The lowest BCUT2D eigenvalue weighted by Crippen LogP contribution is -2.51. The zero-order chi connectivity index (χ0) is 22.6. The van der Waals surface area contributed by atoms with E-state index in [1.165, 1.54) is 12.8 Å². The molecule has 1 aliphatic heterocycles. The van der Waals surface area contributed by atoms with Crippen LogP contribution in [0, 0.1) is 5.92 Å². The minimum absolute atomic E-state index is 0.114. The summed E-state index contributed by atoms with van der Waals surface area (Å²) in [6, 6.07) is 13.1. The Balaban J connectivity index is 1.18. The average molecular weight is 447 g/mol. The molecule has 0 bridgehead atoms. The van der Waals surface area contributed by atoms with Gasteiger partial charge in [0.25, 0.3) is 5.91 Å². The minimum atomic E-state index is -0.114. The molecule has 7 nitrogen and oxygen atoms in total. The number of rotatable bonds is 6. The number of piperazine rings is 1. The van der Waals surface area contributed by atoms with Gasteiger partial charge in [-0.3, -0.25) is 14.5 Å². The molecule has 2 aliphatic rings. The summed E-state index contributed by atoms with van der Waals surface area (Å²) in [6.07, 6.45) is 6.08. The van der Waals surface area contributed by atoms with E-state index in [1.54, 1.807) is 12.3 Å². The Hall–Kier alpha value is -3.19. The molecular weight excluding hydrogens is 416 g/mol. The largest absolute Gasteiger partial charge is 0.463 e. The van der Waals surface area contributed by atoms with E-state index < -0.39 is 0 Å². The van der Waals surface area contributed by atoms with Crippen molar-refractivity contribution in [3.8, 4) is 11.5 Å². The van der Waals surface area contributed by atoms with Gasteiger partial charge in [-0.25, -0.2) is 4.98 Å². The summed E-state index contributed by atoms with van der Waals surface area (Å²) in [5, 5.41) is 3.89. The molecule has 3 aromatic rings. The molecule has 2 fully saturated rings. The fourth-order valence-corrected chi connectivity index (χ4v) is 4.96. The summed E-state index contributed by atoms with van der Waals surface area (Å²) in [6.45, 7) is 4.60. The van der Waals surface area contributed by atoms with Crippen molar-refractivity contribution in [2.45, 2.75) is 25.7 Å². The van der Waals surface area contributed by atoms with Crippen molar-refractivity contribution in [1.82, 2.24) is 20.1 Å². The highest BCUT2D eigenvalue weighted by molar-refractivity contribution is 6.07. The maximum atomic E-state index is 13.1. The van der Waals surface area contributed by atoms with E-state index in [-0.39, 0.29) is 11.8 Å². The molecule has 5 rings (SSSR count). The fourth-order valence-electron chi connectivity index (χ4n) is 4.96. The van der Waals surface area contributed by atoms with Crippen molar-refractivity contribution in [1.29, 1.82) is 0 Å². The van der Waals surface area contributed by atoms with Crippen LogP contribution in [0.3, 0.4) is 0 Å². The Morgan fingerprint density at radius 2 is 1.82 bits per heavy atom. The van der Waals surface area contributed by atoms with E-state index in [0.717, 1.165) is 56.5 Å². The maximum Gasteiger partial charge on any atom is 0.252 e. The molecule has 0 spiro atoms. The molecule has 0 atom stereocenters. The van der Waals surface area contributed by atoms with E-state index in [0.29, 0.717) is 29.5 Å². The molecule has 33 heavy (non-hydrogen) atoms. The van der Waals surface area contributed by atoms with Crippen LogP contribution in [-0.4, -0.2) is 65.9 Å². The molecule has 1 aromatic carbocycles. The Kier molecular flexibility index (Phi) is 6.39. The fraction of sp³-hybridized carbons (Fsp3) is 0.423. The van der Waals surface area contributed by atoms with Gasteiger partial charge in [-0.15, -0.1) is 0 Å². The molecule has 0 radical (unpaired) electrons. The Labute approximate surface area is 193 Å². The molecule has 0 unspecified atom stereocenters. The summed E-state index contributed by atoms with van der Waals surface area (Å²) >= 11 is 0. The highest BCUT2D eigenvalue weighted by Crippen LogP contribution is 2.27. The number of para-hydroxylation sites is 1. The summed E-state index contributed by atoms with van der Waals surface area (Å²) in [5.41, 5.74) is 2.01. The molecule has 172 valence electrons. The monoisotopic (exact) mass is 446 g/mol. The second-order valence-electron chi connectivity index (χ2n) is 8.95. The van der Waals surface area contributed by atoms with Gasteiger partial charge in [0.05, 0.1) is 17.3 Å². The van der Waals surface area contributed by atoms with Crippen LogP contribution < -0.4 is 5.32 Å². The first-order chi connectivity index (χ1) is 16.2. The van der Waals surface area contributed by atoms with Gasteiger partial charge in [0.15, 0.2) is 5.76 Å². The highest BCUT2D eigenvalue weighted by Gasteiger charge is 2.29. The van der Waals surface area contributed by atoms with Crippen LogP contribution in [0.15, 0.2) is 53.1 Å². The van der Waals surface area contributed by atoms with E-state index in [4.69, 9.17) is 4.42 Å². The first-order valence-electron chi connectivity index (χ1n) is 11.9. The van der Waals surface area contributed by atoms with Crippen LogP contribution in [0.4, 0.5) is 0 Å². The van der Waals surface area contributed by atoms with E-state index in [9.17, 15) is 9.59 Å². The second-order valence-corrected chi connectivity index (χ2v) is 8.95. The van der Waals surface area contributed by atoms with Crippen molar-refractivity contribution in [3.63, 3.8) is 0 Å². The number of carbonyl (C=O) groups is 2. The minimum Gasteiger partial charge on any atom is -0.463 e. The van der Waals surface area contributed by atoms with E-state index in [2.05, 4.69) is 15.2 Å². The number of benzene rings is 1. The van der Waals surface area contributed by atoms with Crippen LogP contribution in [-0.2, 0) is 4.79 Å². The van der Waals surface area contributed by atoms with Gasteiger partial charge in [0, 0.05) is 50.6 Å². The molecule has 1 aliphatic carbocycles. The zero-order valence-corrected chi connectivity index (χ0v) is 18.8. The first kappa shape index (κ1) is 21.6. The summed E-state index contributed by atoms with van der Waals surface area (Å²) in [4.78, 5) is 34.7. The van der Waals surface area contributed by atoms with Crippen LogP contribution in [0.5, 0.6) is 0 Å². The molecule has 3 heterocycles. The number of pyridine rings is 1. The topological polar surface area (TPSA) is 78.7 Å². The molecular formula is C26H30N4O3. The Bertz CT molecular complexity index is 1110. The molecule has 7 heteroatoms. The number of hydrogen-bond donors (Lipinski definition) is 1. The van der Waals surface area contributed by atoms with Crippen molar-refractivity contribution in [3.05, 3.63) is 54.3 Å². The Morgan fingerprint density at radius 1 is 1.03 bits per heavy atom. The second kappa shape index (κ2) is 9.75. The van der Waals surface area contributed by atoms with Gasteiger partial charge in [0.1, 0.15) is 5.69 Å². The molecule has 2 aromatic heterocycles. The predicted molar refractivity (Wildman–Crippen MR) is 127 cm³/mol. The smallest absolute Gasteiger partial charge is 0.252 e. The lowest BCUT2D eigenvalue weighted by Gasteiger charge is -2.36. The van der Waals surface area contributed by atoms with Crippen molar-refractivity contribution < 1.29 is 14.0 Å². The SMILES string of the molecule is O=C(NCCN1CCN(C(=O)C2CCCC2)CC1)c1cc(-c2ccco2)nc2ccccc12. The predicted octanol–water partition coefficient (Wildman–Crippen LogP) is 3.56. The van der Waals surface area contributed by atoms with Crippen LogP contribution in [0.1, 0.15) is 36.0 Å². The number of aromatic nitrogens is 1. The van der Waals surface area contributed by atoms with Gasteiger partial charge < -0.3 is 14.6 Å². The lowest BCUT2D eigenvalue weighted by atomic mass is 10.1. The summed E-state index contributed by atoms with van der Waals surface area (Å²) in [5.74, 6) is 1.12. The number of furan rings is 1. The molecule has 1 saturated heterocycles. The zero-order valence-electron chi connectivity index (χ0n) is 18.8. The number of carbonyl (C=O) groups excluding carboxylic acids is 2. The van der Waals surface area contributed by atoms with Gasteiger partial charge in [-0.2, -0.15) is 0 Å². The van der Waals surface area contributed by atoms with Crippen molar-refractivity contribution >= 4 is 22.7 Å². The third-order valence-electron chi connectivity index (χ3n) is 6.84. The lowest BCUT2D eigenvalue weighted by molar-refractivity contribution is -0.137. The number of fused-ring (bicyclic) bond motifs is 1. The molecule has 1 saturated carbocycles. The molecule has 1 N–H and O–H groups in total. The van der Waals surface area contributed by atoms with Crippen LogP contribution in [0.2, 0.25) is 0 Å². The third-order valence-corrected chi connectivity index (χ3v) is 6.84. The van der Waals surface area contributed by atoms with Crippen molar-refractivity contribution in [2.24, 2.45) is 5.92 Å². The normalized spacial score (nSPS) is 17.5. The number of nitrogens with zero attached hydrogens (tertiary/aromatic N) is 3. The Morgan fingerprint density at radius 3 is 2.58 bits per heavy atom. The summed E-state index contributed by atoms with van der Waals surface area (Å²) in [7, 11) is 0. The van der Waals surface area contributed by atoms with E-state index in [1.807, 2.05) is 41.3 Å². The third kappa shape index (κ3) is 4.78. The van der Waals surface area contributed by atoms with E-state index >= 15 is 0 Å². The van der Waals surface area contributed by atoms with Gasteiger partial charge in [0.2, 0.25) is 5.91 Å². The average Bonchev–Trinajstić information content (AvgIpc) is 3.58. The number of hydrogen-bond acceptors (Lipinski definition) is 5. The number of nitrogens with one attached hydrogen (secondary N) is 1. The van der Waals surface area contributed by atoms with Crippen LogP contribution >= 0.6 is 0 Å². The summed E-state index contributed by atoms with van der Waals surface area (Å²) < 4.78 is 5.49. The highest BCUT2D eigenvalue weighted by atomic mass is 16.3. The van der Waals surface area contributed by atoms with Gasteiger partial charge in [-0.05, 0) is 37.1 Å². The van der Waals surface area contributed by atoms with Gasteiger partial charge in [-0.1, -0.05) is 31.0 Å². The quantitative estimate of drug-likeness (QED) is 0.626. The number of amides is 2. The maximum absolute atomic E-state index is 13.1. The standard InChI is InChI=1S/C26H30N4O3/c31-25(21-18-23(24-10-5-17-33-24)28-22-9-4-3-8-20(21)22)27-11-12-29-13-15-30(16-14-29)26(32)19-6-1-2-7-19/h3-5,8-10,17-19H,1-2,6-7,11-16H2,(H,27,31). The molecule has 2 amide bonds. The first-order valence-corrected chi connectivity index (χ1v) is 11.9. The van der Waals surface area contributed by atoms with Crippen molar-refractivity contribution in [2.75, 3.05) is 39.3 Å².